The zero-order valence-electron chi connectivity index (χ0n) is 19.8. The first kappa shape index (κ1) is 28.4. The molecule has 0 aromatic heterocycles. The summed E-state index contributed by atoms with van der Waals surface area (Å²) in [5, 5.41) is 0. The highest BCUT2D eigenvalue weighted by Crippen LogP contribution is 2.13. The van der Waals surface area contributed by atoms with Gasteiger partial charge in [-0.25, -0.2) is 0 Å². The molecule has 0 aliphatic heterocycles. The van der Waals surface area contributed by atoms with Gasteiger partial charge in [0.2, 0.25) is 0 Å². The number of rotatable bonds is 24. The third kappa shape index (κ3) is 23.6. The van der Waals surface area contributed by atoms with E-state index >= 15 is 0 Å². The zero-order valence-corrected chi connectivity index (χ0v) is 19.8. The lowest BCUT2D eigenvalue weighted by Crippen LogP contribution is -2.19. The van der Waals surface area contributed by atoms with Crippen LogP contribution in [0.3, 0.4) is 0 Å². The largest absolute Gasteiger partial charge is 0.476 e. The average Bonchev–Trinajstić information content (AvgIpc) is 2.73. The summed E-state index contributed by atoms with van der Waals surface area (Å²) in [6.07, 6.45) is 23.6. The Hall–Kier alpha value is -0.580. The normalized spacial score (nSPS) is 11.7. The molecule has 0 spiro atoms. The fourth-order valence-corrected chi connectivity index (χ4v) is 3.23. The molecule has 0 atom stereocenters. The van der Waals surface area contributed by atoms with Gasteiger partial charge in [-0.1, -0.05) is 78.1 Å². The van der Waals surface area contributed by atoms with E-state index in [0.29, 0.717) is 6.79 Å². The molecule has 0 saturated heterocycles. The van der Waals surface area contributed by atoms with Crippen LogP contribution in [0.1, 0.15) is 117 Å². The number of hydrogen-bond acceptors (Lipinski definition) is 4. The van der Waals surface area contributed by atoms with E-state index in [1.54, 1.807) is 13.4 Å². The van der Waals surface area contributed by atoms with Gasteiger partial charge in [-0.3, -0.25) is 0 Å². The number of methoxy groups -OCH3 is 1. The monoisotopic (exact) mass is 414 g/mol. The molecule has 0 amide bonds. The van der Waals surface area contributed by atoms with Crippen molar-refractivity contribution in [3.8, 4) is 0 Å². The Bertz CT molecular complexity index is 302. The van der Waals surface area contributed by atoms with Crippen molar-refractivity contribution in [2.45, 2.75) is 123 Å². The third-order valence-corrected chi connectivity index (χ3v) is 5.04. The predicted molar refractivity (Wildman–Crippen MR) is 123 cm³/mol. The fraction of sp³-hybridized carbons (Fsp3) is 0.920. The Morgan fingerprint density at radius 2 is 1.21 bits per heavy atom. The first-order valence-electron chi connectivity index (χ1n) is 12.3. The molecule has 0 aromatic rings. The Morgan fingerprint density at radius 3 is 1.76 bits per heavy atom. The van der Waals surface area contributed by atoms with Crippen molar-refractivity contribution >= 4 is 0 Å². The molecular formula is C25H50O4. The van der Waals surface area contributed by atoms with Crippen LogP contribution in [0.25, 0.3) is 0 Å². The van der Waals surface area contributed by atoms with Crippen LogP contribution in [0.4, 0.5) is 0 Å². The van der Waals surface area contributed by atoms with Gasteiger partial charge in [0.15, 0.2) is 13.1 Å². The van der Waals surface area contributed by atoms with Crippen LogP contribution < -0.4 is 0 Å². The van der Waals surface area contributed by atoms with Crippen LogP contribution >= 0.6 is 0 Å². The van der Waals surface area contributed by atoms with Crippen LogP contribution in [0, 0.1) is 0 Å². The molecule has 0 aliphatic carbocycles. The molecule has 0 fully saturated rings. The smallest absolute Gasteiger partial charge is 0.187 e. The summed E-state index contributed by atoms with van der Waals surface area (Å²) in [6.45, 7) is 6.50. The second-order valence-corrected chi connectivity index (χ2v) is 7.94. The van der Waals surface area contributed by atoms with Crippen LogP contribution in [0.15, 0.2) is 12.3 Å². The maximum atomic E-state index is 6.07. The number of hydrogen-bond donors (Lipinski definition) is 0. The molecule has 29 heavy (non-hydrogen) atoms. The van der Waals surface area contributed by atoms with E-state index < -0.39 is 0 Å². The maximum absolute atomic E-state index is 6.07. The van der Waals surface area contributed by atoms with Crippen LogP contribution in [0.5, 0.6) is 0 Å². The van der Waals surface area contributed by atoms with Gasteiger partial charge < -0.3 is 18.9 Å². The predicted octanol–water partition coefficient (Wildman–Crippen LogP) is 7.76. The molecule has 0 heterocycles. The summed E-state index contributed by atoms with van der Waals surface area (Å²) < 4.78 is 22.1. The highest BCUT2D eigenvalue weighted by Gasteiger charge is 2.09. The van der Waals surface area contributed by atoms with Crippen molar-refractivity contribution in [1.29, 1.82) is 0 Å². The molecule has 0 rings (SSSR count). The Kier molecular flexibility index (Phi) is 24.9. The minimum absolute atomic E-state index is 0.0324. The van der Waals surface area contributed by atoms with Crippen LogP contribution in [0.2, 0.25) is 0 Å². The summed E-state index contributed by atoms with van der Waals surface area (Å²) in [4.78, 5) is 0. The van der Waals surface area contributed by atoms with E-state index in [0.717, 1.165) is 51.7 Å². The molecule has 0 radical (unpaired) electrons. The molecule has 0 aliphatic rings. The standard InChI is InChI=1S/C25H50O4/c1-4-6-8-10-13-18-22-28-25(29-23-19-14-11-9-7-5-2)20-16-12-15-17-21-27-24-26-3/h17,21,25H,4-16,18-20,22-24H2,1-3H3. The van der Waals surface area contributed by atoms with Crippen molar-refractivity contribution in [3.63, 3.8) is 0 Å². The molecule has 0 bridgehead atoms. The number of allylic oxidation sites excluding steroid dienone is 1. The number of ether oxygens (including phenoxy) is 4. The Labute approximate surface area is 181 Å². The lowest BCUT2D eigenvalue weighted by atomic mass is 10.1. The van der Waals surface area contributed by atoms with Crippen molar-refractivity contribution in [2.24, 2.45) is 0 Å². The van der Waals surface area contributed by atoms with E-state index in [1.165, 1.54) is 64.2 Å². The van der Waals surface area contributed by atoms with Crippen molar-refractivity contribution < 1.29 is 18.9 Å². The van der Waals surface area contributed by atoms with Crippen LogP contribution in [-0.4, -0.2) is 33.4 Å². The Balaban J connectivity index is 3.87. The van der Waals surface area contributed by atoms with Crippen molar-refractivity contribution in [1.82, 2.24) is 0 Å². The molecule has 4 heteroatoms. The third-order valence-electron chi connectivity index (χ3n) is 5.04. The van der Waals surface area contributed by atoms with Gasteiger partial charge >= 0.3 is 0 Å². The van der Waals surface area contributed by atoms with Gasteiger partial charge in [0.1, 0.15) is 0 Å². The van der Waals surface area contributed by atoms with Gasteiger partial charge in [0.25, 0.3) is 0 Å². The maximum Gasteiger partial charge on any atom is 0.187 e. The van der Waals surface area contributed by atoms with Gasteiger partial charge in [-0.05, 0) is 44.6 Å². The molecule has 0 N–H and O–H groups in total. The quantitative estimate of drug-likeness (QED) is 0.0918. The van der Waals surface area contributed by atoms with Gasteiger partial charge in [-0.15, -0.1) is 0 Å². The second-order valence-electron chi connectivity index (χ2n) is 7.94. The molecular weight excluding hydrogens is 364 g/mol. The fourth-order valence-electron chi connectivity index (χ4n) is 3.23. The molecule has 0 saturated carbocycles. The molecule has 0 unspecified atom stereocenters. The van der Waals surface area contributed by atoms with Crippen LogP contribution in [-0.2, 0) is 18.9 Å². The second kappa shape index (κ2) is 25.5. The highest BCUT2D eigenvalue weighted by atomic mass is 16.7. The summed E-state index contributed by atoms with van der Waals surface area (Å²) >= 11 is 0. The molecule has 4 nitrogen and oxygen atoms in total. The number of unbranched alkanes of at least 4 members (excludes halogenated alkanes) is 12. The minimum Gasteiger partial charge on any atom is -0.476 e. The van der Waals surface area contributed by atoms with E-state index in [4.69, 9.17) is 18.9 Å². The van der Waals surface area contributed by atoms with E-state index in [1.807, 2.05) is 0 Å². The SMILES string of the molecule is CCCCCCCCOC(CCCCC=COCOC)OCCCCCCCC. The first-order valence-corrected chi connectivity index (χ1v) is 12.3. The first-order chi connectivity index (χ1) is 14.3. The lowest BCUT2D eigenvalue weighted by Gasteiger charge is -2.19. The molecule has 174 valence electrons. The summed E-state index contributed by atoms with van der Waals surface area (Å²) in [6, 6.07) is 0. The summed E-state index contributed by atoms with van der Waals surface area (Å²) in [5.41, 5.74) is 0. The van der Waals surface area contributed by atoms with E-state index in [2.05, 4.69) is 19.9 Å². The minimum atomic E-state index is -0.0324. The van der Waals surface area contributed by atoms with Crippen molar-refractivity contribution in [2.75, 3.05) is 27.1 Å². The zero-order chi connectivity index (χ0) is 21.3. The van der Waals surface area contributed by atoms with Gasteiger partial charge in [-0.2, -0.15) is 0 Å². The Morgan fingerprint density at radius 1 is 0.655 bits per heavy atom. The lowest BCUT2D eigenvalue weighted by molar-refractivity contribution is -0.148. The summed E-state index contributed by atoms with van der Waals surface area (Å²) in [5.74, 6) is 0. The van der Waals surface area contributed by atoms with Gasteiger partial charge in [0, 0.05) is 20.3 Å². The average molecular weight is 415 g/mol. The topological polar surface area (TPSA) is 36.9 Å². The van der Waals surface area contributed by atoms with Crippen molar-refractivity contribution in [3.05, 3.63) is 12.3 Å². The van der Waals surface area contributed by atoms with E-state index in [9.17, 15) is 0 Å². The van der Waals surface area contributed by atoms with E-state index in [-0.39, 0.29) is 6.29 Å². The summed E-state index contributed by atoms with van der Waals surface area (Å²) in [7, 11) is 1.63. The molecule has 0 aromatic carbocycles. The van der Waals surface area contributed by atoms with Gasteiger partial charge in [0.05, 0.1) is 6.26 Å². The highest BCUT2D eigenvalue weighted by molar-refractivity contribution is 4.72.